The lowest BCUT2D eigenvalue weighted by atomic mass is 9.87. The molecule has 122 valence electrons. The summed E-state index contributed by atoms with van der Waals surface area (Å²) in [5.41, 5.74) is 7.33. The van der Waals surface area contributed by atoms with Crippen LogP contribution < -0.4 is 15.2 Å². The minimum atomic E-state index is 0.0157. The summed E-state index contributed by atoms with van der Waals surface area (Å²) in [7, 11) is 3.20. The van der Waals surface area contributed by atoms with Crippen LogP contribution in [0.3, 0.4) is 0 Å². The van der Waals surface area contributed by atoms with E-state index in [9.17, 15) is 4.79 Å². The van der Waals surface area contributed by atoms with Gasteiger partial charge in [0.15, 0.2) is 0 Å². The van der Waals surface area contributed by atoms with Gasteiger partial charge < -0.3 is 20.1 Å². The zero-order valence-corrected chi connectivity index (χ0v) is 13.9. The summed E-state index contributed by atoms with van der Waals surface area (Å²) in [6.07, 6.45) is 0.994. The van der Waals surface area contributed by atoms with Crippen molar-refractivity contribution in [2.45, 2.75) is 20.3 Å². The molecule has 1 fully saturated rings. The van der Waals surface area contributed by atoms with Gasteiger partial charge >= 0.3 is 0 Å². The van der Waals surface area contributed by atoms with Crippen LogP contribution >= 0.6 is 0 Å². The topological polar surface area (TPSA) is 64.8 Å². The van der Waals surface area contributed by atoms with Crippen molar-refractivity contribution >= 4 is 5.91 Å². The zero-order chi connectivity index (χ0) is 16.3. The van der Waals surface area contributed by atoms with Crippen molar-refractivity contribution in [2.75, 3.05) is 33.9 Å². The van der Waals surface area contributed by atoms with E-state index in [2.05, 4.69) is 6.92 Å². The lowest BCUT2D eigenvalue weighted by molar-refractivity contribution is 0.0618. The molecule has 5 nitrogen and oxygen atoms in total. The normalized spacial score (nSPS) is 21.6. The molecule has 22 heavy (non-hydrogen) atoms. The summed E-state index contributed by atoms with van der Waals surface area (Å²) in [6, 6.07) is 3.57. The number of nitrogens with zero attached hydrogens (tertiary/aromatic N) is 1. The number of rotatable bonds is 4. The molecule has 0 saturated carbocycles. The molecule has 1 aliphatic heterocycles. The van der Waals surface area contributed by atoms with E-state index in [1.807, 2.05) is 11.8 Å². The SMILES string of the molecule is COc1cc(C(=O)N2CCC(C)C(CN)C2)cc(OC)c1C. The number of benzene rings is 1. The summed E-state index contributed by atoms with van der Waals surface area (Å²) in [5.74, 6) is 2.29. The Morgan fingerprint density at radius 3 is 2.41 bits per heavy atom. The maximum absolute atomic E-state index is 12.8. The summed E-state index contributed by atoms with van der Waals surface area (Å²) in [4.78, 5) is 14.7. The largest absolute Gasteiger partial charge is 0.496 e. The van der Waals surface area contributed by atoms with Crippen LogP contribution in [0.15, 0.2) is 12.1 Å². The number of carbonyl (C=O) groups excluding carboxylic acids is 1. The van der Waals surface area contributed by atoms with Gasteiger partial charge in [-0.1, -0.05) is 6.92 Å². The second-order valence-corrected chi connectivity index (χ2v) is 6.02. The Kier molecular flexibility index (Phi) is 5.29. The maximum Gasteiger partial charge on any atom is 0.254 e. The number of hydrogen-bond donors (Lipinski definition) is 1. The van der Waals surface area contributed by atoms with E-state index in [-0.39, 0.29) is 5.91 Å². The first-order valence-electron chi connectivity index (χ1n) is 7.73. The van der Waals surface area contributed by atoms with E-state index in [0.717, 1.165) is 25.1 Å². The van der Waals surface area contributed by atoms with Gasteiger partial charge in [0.1, 0.15) is 11.5 Å². The Labute approximate surface area is 132 Å². The number of methoxy groups -OCH3 is 2. The van der Waals surface area contributed by atoms with E-state index in [1.165, 1.54) is 0 Å². The molecule has 0 bridgehead atoms. The van der Waals surface area contributed by atoms with E-state index in [0.29, 0.717) is 35.4 Å². The van der Waals surface area contributed by atoms with E-state index < -0.39 is 0 Å². The van der Waals surface area contributed by atoms with Crippen molar-refractivity contribution < 1.29 is 14.3 Å². The molecule has 0 aliphatic carbocycles. The number of hydrogen-bond acceptors (Lipinski definition) is 4. The first kappa shape index (κ1) is 16.6. The summed E-state index contributed by atoms with van der Waals surface area (Å²) >= 11 is 0. The molecule has 1 aromatic carbocycles. The number of carbonyl (C=O) groups is 1. The molecular formula is C17H26N2O3. The Morgan fingerprint density at radius 1 is 1.32 bits per heavy atom. The molecule has 2 rings (SSSR count). The van der Waals surface area contributed by atoms with E-state index >= 15 is 0 Å². The highest BCUT2D eigenvalue weighted by Crippen LogP contribution is 2.31. The van der Waals surface area contributed by atoms with E-state index in [4.69, 9.17) is 15.2 Å². The van der Waals surface area contributed by atoms with Crippen LogP contribution in [-0.4, -0.2) is 44.7 Å². The molecule has 1 aromatic rings. The molecule has 0 radical (unpaired) electrons. The average molecular weight is 306 g/mol. The predicted octanol–water partition coefficient (Wildman–Crippen LogP) is 2.07. The fourth-order valence-electron chi connectivity index (χ4n) is 3.03. The zero-order valence-electron chi connectivity index (χ0n) is 13.9. The minimum Gasteiger partial charge on any atom is -0.496 e. The molecule has 2 unspecified atom stereocenters. The van der Waals surface area contributed by atoms with Crippen LogP contribution in [-0.2, 0) is 0 Å². The van der Waals surface area contributed by atoms with Crippen molar-refractivity contribution in [3.8, 4) is 11.5 Å². The highest BCUT2D eigenvalue weighted by atomic mass is 16.5. The van der Waals surface area contributed by atoms with Crippen molar-refractivity contribution in [1.29, 1.82) is 0 Å². The van der Waals surface area contributed by atoms with Crippen molar-refractivity contribution in [3.63, 3.8) is 0 Å². The highest BCUT2D eigenvalue weighted by Gasteiger charge is 2.29. The molecule has 1 aliphatic rings. The van der Waals surface area contributed by atoms with Gasteiger partial charge in [0.05, 0.1) is 14.2 Å². The molecule has 1 saturated heterocycles. The lowest BCUT2D eigenvalue weighted by Gasteiger charge is -2.36. The summed E-state index contributed by atoms with van der Waals surface area (Å²) in [6.45, 7) is 6.23. The number of nitrogens with two attached hydrogens (primary N) is 1. The number of ether oxygens (including phenoxy) is 2. The smallest absolute Gasteiger partial charge is 0.254 e. The van der Waals surface area contributed by atoms with Crippen LogP contribution in [0.4, 0.5) is 0 Å². The standard InChI is InChI=1S/C17H26N2O3/c1-11-5-6-19(10-14(11)9-18)17(20)13-7-15(21-3)12(2)16(8-13)22-4/h7-8,11,14H,5-6,9-10,18H2,1-4H3. The quantitative estimate of drug-likeness (QED) is 0.925. The average Bonchev–Trinajstić information content (AvgIpc) is 2.54. The van der Waals surface area contributed by atoms with Crippen LogP contribution in [0.25, 0.3) is 0 Å². The Morgan fingerprint density at radius 2 is 1.91 bits per heavy atom. The first-order valence-corrected chi connectivity index (χ1v) is 7.73. The Hall–Kier alpha value is -1.75. The van der Waals surface area contributed by atoms with Gasteiger partial charge in [-0.25, -0.2) is 0 Å². The summed E-state index contributed by atoms with van der Waals surface area (Å²) in [5, 5.41) is 0. The summed E-state index contributed by atoms with van der Waals surface area (Å²) < 4.78 is 10.7. The Balaban J connectivity index is 2.26. The van der Waals surface area contributed by atoms with Gasteiger partial charge in [0, 0.05) is 24.2 Å². The third kappa shape index (κ3) is 3.19. The van der Waals surface area contributed by atoms with Gasteiger partial charge in [0.25, 0.3) is 5.91 Å². The van der Waals surface area contributed by atoms with Crippen LogP contribution in [0.5, 0.6) is 11.5 Å². The van der Waals surface area contributed by atoms with Gasteiger partial charge in [-0.3, -0.25) is 4.79 Å². The monoisotopic (exact) mass is 306 g/mol. The lowest BCUT2D eigenvalue weighted by Crippen LogP contribution is -2.45. The van der Waals surface area contributed by atoms with Gasteiger partial charge in [-0.05, 0) is 43.9 Å². The molecule has 0 aromatic heterocycles. The van der Waals surface area contributed by atoms with E-state index in [1.54, 1.807) is 26.4 Å². The van der Waals surface area contributed by atoms with Crippen molar-refractivity contribution in [1.82, 2.24) is 4.90 Å². The van der Waals surface area contributed by atoms with Crippen molar-refractivity contribution in [3.05, 3.63) is 23.3 Å². The number of likely N-dealkylation sites (tertiary alicyclic amines) is 1. The van der Waals surface area contributed by atoms with Gasteiger partial charge in [-0.15, -0.1) is 0 Å². The van der Waals surface area contributed by atoms with Crippen molar-refractivity contribution in [2.24, 2.45) is 17.6 Å². The number of amides is 1. The molecule has 0 spiro atoms. The molecular weight excluding hydrogens is 280 g/mol. The van der Waals surface area contributed by atoms with Crippen LogP contribution in [0, 0.1) is 18.8 Å². The fraction of sp³-hybridized carbons (Fsp3) is 0.588. The Bertz CT molecular complexity index is 520. The fourth-order valence-corrected chi connectivity index (χ4v) is 3.03. The third-order valence-corrected chi connectivity index (χ3v) is 4.70. The van der Waals surface area contributed by atoms with Crippen LogP contribution in [0.2, 0.25) is 0 Å². The third-order valence-electron chi connectivity index (χ3n) is 4.70. The molecule has 2 N–H and O–H groups in total. The molecule has 2 atom stereocenters. The minimum absolute atomic E-state index is 0.0157. The number of piperidine rings is 1. The molecule has 1 heterocycles. The molecule has 5 heteroatoms. The predicted molar refractivity (Wildman–Crippen MR) is 86.5 cm³/mol. The van der Waals surface area contributed by atoms with Gasteiger partial charge in [-0.2, -0.15) is 0 Å². The first-order chi connectivity index (χ1) is 10.5. The van der Waals surface area contributed by atoms with Gasteiger partial charge in [0.2, 0.25) is 0 Å². The molecule has 1 amide bonds. The second kappa shape index (κ2) is 7.01. The highest BCUT2D eigenvalue weighted by molar-refractivity contribution is 5.95. The second-order valence-electron chi connectivity index (χ2n) is 6.02. The maximum atomic E-state index is 12.8. The van der Waals surface area contributed by atoms with Crippen LogP contribution in [0.1, 0.15) is 29.3 Å².